The number of hydrogen-bond acceptors (Lipinski definition) is 2. The summed E-state index contributed by atoms with van der Waals surface area (Å²) in [7, 11) is 0. The largest absolute Gasteiger partial charge is 0.466 e. The van der Waals surface area contributed by atoms with Crippen LogP contribution in [-0.2, 0) is 9.53 Å². The smallest absolute Gasteiger partial charge is 0.305 e. The molecular weight excluding hydrogens is 279 g/mol. The number of carbonyl (C=O) groups excluding carboxylic acids is 1. The Kier molecular flexibility index (Phi) is 8.92. The first-order valence-corrected chi connectivity index (χ1v) is 6.44. The van der Waals surface area contributed by atoms with Crippen molar-refractivity contribution < 1.29 is 9.53 Å². The highest BCUT2D eigenvalue weighted by molar-refractivity contribution is 14.1. The van der Waals surface area contributed by atoms with Crippen LogP contribution < -0.4 is 0 Å². The normalized spacial score (nSPS) is 12.5. The number of unbranched alkanes of at least 4 members (excludes halogenated alkanes) is 1. The zero-order valence-electron chi connectivity index (χ0n) is 8.51. The predicted octanol–water partition coefficient (Wildman–Crippen LogP) is 3.18. The van der Waals surface area contributed by atoms with Crippen LogP contribution in [0.4, 0.5) is 0 Å². The van der Waals surface area contributed by atoms with Gasteiger partial charge in [-0.1, -0.05) is 35.9 Å². The Morgan fingerprint density at radius 3 is 2.69 bits per heavy atom. The second-order valence-corrected chi connectivity index (χ2v) is 4.19. The van der Waals surface area contributed by atoms with Gasteiger partial charge < -0.3 is 4.74 Å². The van der Waals surface area contributed by atoms with Crippen molar-refractivity contribution in [2.75, 3.05) is 11.0 Å². The minimum absolute atomic E-state index is 0.0513. The molecule has 0 amide bonds. The highest BCUT2D eigenvalue weighted by Gasteiger charge is 2.03. The number of halogens is 1. The molecule has 0 aliphatic rings. The lowest BCUT2D eigenvalue weighted by atomic mass is 10.1. The molecule has 0 fully saturated rings. The van der Waals surface area contributed by atoms with Crippen LogP contribution in [0.3, 0.4) is 0 Å². The molecule has 1 atom stereocenters. The second-order valence-electron chi connectivity index (χ2n) is 3.31. The van der Waals surface area contributed by atoms with Crippen molar-refractivity contribution in [3.63, 3.8) is 0 Å². The van der Waals surface area contributed by atoms with Crippen molar-refractivity contribution in [3.8, 4) is 0 Å². The van der Waals surface area contributed by atoms with E-state index in [0.717, 1.165) is 18.8 Å². The lowest BCUT2D eigenvalue weighted by Crippen LogP contribution is -2.04. The summed E-state index contributed by atoms with van der Waals surface area (Å²) in [6.45, 7) is 4.59. The monoisotopic (exact) mass is 298 g/mol. The van der Waals surface area contributed by atoms with E-state index in [4.69, 9.17) is 4.74 Å². The van der Waals surface area contributed by atoms with Gasteiger partial charge in [0.05, 0.1) is 6.61 Å². The topological polar surface area (TPSA) is 26.3 Å². The number of ether oxygens (including phenoxy) is 1. The summed E-state index contributed by atoms with van der Waals surface area (Å²) in [4.78, 5) is 10.9. The second kappa shape index (κ2) is 8.78. The zero-order valence-corrected chi connectivity index (χ0v) is 10.7. The fraction of sp³-hybridized carbons (Fsp3) is 0.900. The molecule has 1 unspecified atom stereocenters. The van der Waals surface area contributed by atoms with Crippen molar-refractivity contribution in [1.29, 1.82) is 0 Å². The zero-order chi connectivity index (χ0) is 10.1. The van der Waals surface area contributed by atoms with Crippen LogP contribution in [0.2, 0.25) is 0 Å². The highest BCUT2D eigenvalue weighted by Crippen LogP contribution is 2.11. The molecule has 0 saturated carbocycles. The fourth-order valence-electron chi connectivity index (χ4n) is 1.07. The molecule has 0 heterocycles. The summed E-state index contributed by atoms with van der Waals surface area (Å²) >= 11 is 2.40. The van der Waals surface area contributed by atoms with Gasteiger partial charge in [-0.25, -0.2) is 0 Å². The van der Waals surface area contributed by atoms with E-state index in [1.165, 1.54) is 10.8 Å². The summed E-state index contributed by atoms with van der Waals surface area (Å²) in [6.07, 6.45) is 3.92. The van der Waals surface area contributed by atoms with Gasteiger partial charge in [-0.3, -0.25) is 4.79 Å². The molecule has 0 aromatic heterocycles. The molecule has 0 saturated heterocycles. The first-order chi connectivity index (χ1) is 6.20. The van der Waals surface area contributed by atoms with E-state index < -0.39 is 0 Å². The average molecular weight is 298 g/mol. The number of hydrogen-bond donors (Lipinski definition) is 0. The van der Waals surface area contributed by atoms with Crippen LogP contribution in [0.25, 0.3) is 0 Å². The van der Waals surface area contributed by atoms with Crippen molar-refractivity contribution in [1.82, 2.24) is 0 Å². The number of esters is 1. The molecule has 0 aromatic rings. The van der Waals surface area contributed by atoms with E-state index in [-0.39, 0.29) is 5.97 Å². The lowest BCUT2D eigenvalue weighted by molar-refractivity contribution is -0.143. The maximum atomic E-state index is 10.9. The predicted molar refractivity (Wildman–Crippen MR) is 63.2 cm³/mol. The molecule has 0 spiro atoms. The standard InChI is InChI=1S/C10H19IO2/c1-3-13-10(12)7-5-4-6-9(2)8-11/h9H,3-8H2,1-2H3. The molecule has 2 nitrogen and oxygen atoms in total. The molecule has 13 heavy (non-hydrogen) atoms. The summed E-state index contributed by atoms with van der Waals surface area (Å²) in [5, 5.41) is 0. The van der Waals surface area contributed by atoms with Gasteiger partial charge in [-0.05, 0) is 25.7 Å². The van der Waals surface area contributed by atoms with Crippen LogP contribution in [0.15, 0.2) is 0 Å². The number of rotatable bonds is 7. The van der Waals surface area contributed by atoms with Crippen LogP contribution in [0, 0.1) is 5.92 Å². The van der Waals surface area contributed by atoms with E-state index in [1.54, 1.807) is 0 Å². The van der Waals surface area contributed by atoms with Gasteiger partial charge in [-0.2, -0.15) is 0 Å². The van der Waals surface area contributed by atoms with Gasteiger partial charge in [0.25, 0.3) is 0 Å². The molecule has 78 valence electrons. The molecular formula is C10H19IO2. The minimum atomic E-state index is -0.0513. The van der Waals surface area contributed by atoms with Crippen molar-refractivity contribution >= 4 is 28.6 Å². The molecule has 0 radical (unpaired) electrons. The lowest BCUT2D eigenvalue weighted by Gasteiger charge is -2.06. The first-order valence-electron chi connectivity index (χ1n) is 4.92. The van der Waals surface area contributed by atoms with E-state index in [1.807, 2.05) is 6.92 Å². The van der Waals surface area contributed by atoms with Gasteiger partial charge in [0.15, 0.2) is 0 Å². The Labute approximate surface area is 94.6 Å². The highest BCUT2D eigenvalue weighted by atomic mass is 127. The van der Waals surface area contributed by atoms with Crippen LogP contribution in [-0.4, -0.2) is 17.0 Å². The van der Waals surface area contributed by atoms with Crippen molar-refractivity contribution in [3.05, 3.63) is 0 Å². The van der Waals surface area contributed by atoms with E-state index >= 15 is 0 Å². The Balaban J connectivity index is 3.20. The summed E-state index contributed by atoms with van der Waals surface area (Å²) < 4.78 is 6.04. The molecule has 0 bridgehead atoms. The fourth-order valence-corrected chi connectivity index (χ4v) is 1.51. The third-order valence-electron chi connectivity index (χ3n) is 1.90. The molecule has 0 rings (SSSR count). The summed E-state index contributed by atoms with van der Waals surface area (Å²) in [6, 6.07) is 0. The van der Waals surface area contributed by atoms with Crippen molar-refractivity contribution in [2.24, 2.45) is 5.92 Å². The quantitative estimate of drug-likeness (QED) is 0.312. The summed E-state index contributed by atoms with van der Waals surface area (Å²) in [5.41, 5.74) is 0. The molecule has 0 aliphatic heterocycles. The number of alkyl halides is 1. The Morgan fingerprint density at radius 2 is 2.15 bits per heavy atom. The molecule has 0 N–H and O–H groups in total. The Bertz CT molecular complexity index is 137. The van der Waals surface area contributed by atoms with Gasteiger partial charge >= 0.3 is 5.97 Å². The van der Waals surface area contributed by atoms with Gasteiger partial charge in [-0.15, -0.1) is 0 Å². The molecule has 0 aliphatic carbocycles. The number of carbonyl (C=O) groups is 1. The van der Waals surface area contributed by atoms with E-state index in [2.05, 4.69) is 29.5 Å². The summed E-state index contributed by atoms with van der Waals surface area (Å²) in [5.74, 6) is 0.729. The third kappa shape index (κ3) is 8.53. The van der Waals surface area contributed by atoms with Gasteiger partial charge in [0.2, 0.25) is 0 Å². The van der Waals surface area contributed by atoms with Crippen LogP contribution >= 0.6 is 22.6 Å². The van der Waals surface area contributed by atoms with Gasteiger partial charge in [0.1, 0.15) is 0 Å². The SMILES string of the molecule is CCOC(=O)CCCCC(C)CI. The third-order valence-corrected chi connectivity index (χ3v) is 3.40. The Hall–Kier alpha value is 0.200. The van der Waals surface area contributed by atoms with Crippen molar-refractivity contribution in [2.45, 2.75) is 39.5 Å². The minimum Gasteiger partial charge on any atom is -0.466 e. The van der Waals surface area contributed by atoms with Crippen LogP contribution in [0.1, 0.15) is 39.5 Å². The van der Waals surface area contributed by atoms with E-state index in [9.17, 15) is 4.79 Å². The maximum Gasteiger partial charge on any atom is 0.305 e. The van der Waals surface area contributed by atoms with Gasteiger partial charge in [0, 0.05) is 10.8 Å². The molecule has 3 heteroatoms. The Morgan fingerprint density at radius 1 is 1.46 bits per heavy atom. The average Bonchev–Trinajstić information content (AvgIpc) is 2.12. The first kappa shape index (κ1) is 13.2. The maximum absolute atomic E-state index is 10.9. The van der Waals surface area contributed by atoms with Crippen LogP contribution in [0.5, 0.6) is 0 Å². The van der Waals surface area contributed by atoms with E-state index in [0.29, 0.717) is 13.0 Å². The molecule has 0 aromatic carbocycles.